The summed E-state index contributed by atoms with van der Waals surface area (Å²) < 4.78 is 5.81. The van der Waals surface area contributed by atoms with Crippen LogP contribution in [0.3, 0.4) is 0 Å². The van der Waals surface area contributed by atoms with E-state index in [1.807, 2.05) is 0 Å². The first-order valence-electron chi connectivity index (χ1n) is 7.11. The molecule has 0 saturated heterocycles. The Hall–Kier alpha value is -0.0800. The Morgan fingerprint density at radius 2 is 1.75 bits per heavy atom. The zero-order valence-corrected chi connectivity index (χ0v) is 10.0. The summed E-state index contributed by atoms with van der Waals surface area (Å²) in [6.45, 7) is 2.81. The Bertz CT molecular complexity index is 303. The predicted molar refractivity (Wildman–Crippen MR) is 60.8 cm³/mol. The van der Waals surface area contributed by atoms with Crippen LogP contribution in [-0.2, 0) is 4.74 Å². The van der Waals surface area contributed by atoms with E-state index in [2.05, 4.69) is 6.92 Å². The Kier molecular flexibility index (Phi) is 2.00. The smallest absolute Gasteiger partial charge is 0.0867 e. The van der Waals surface area contributed by atoms with Gasteiger partial charge in [-0.15, -0.1) is 0 Å². The third kappa shape index (κ3) is 1.01. The van der Waals surface area contributed by atoms with Gasteiger partial charge in [0.2, 0.25) is 0 Å². The van der Waals surface area contributed by atoms with Crippen molar-refractivity contribution in [2.45, 2.75) is 44.8 Å². The van der Waals surface area contributed by atoms with Crippen molar-refractivity contribution in [2.24, 2.45) is 35.5 Å². The van der Waals surface area contributed by atoms with Crippen LogP contribution < -0.4 is 0 Å². The Labute approximate surface area is 97.4 Å². The molecule has 4 rings (SSSR count). The minimum atomic E-state index is -0.148. The van der Waals surface area contributed by atoms with Crippen LogP contribution in [-0.4, -0.2) is 23.9 Å². The Morgan fingerprint density at radius 3 is 2.44 bits per heavy atom. The highest BCUT2D eigenvalue weighted by Gasteiger charge is 2.65. The van der Waals surface area contributed by atoms with E-state index in [-0.39, 0.29) is 12.2 Å². The fourth-order valence-electron chi connectivity index (χ4n) is 5.91. The lowest BCUT2D eigenvalue weighted by Gasteiger charge is -2.41. The van der Waals surface area contributed by atoms with Crippen molar-refractivity contribution >= 4 is 0 Å². The average molecular weight is 222 g/mol. The first-order valence-corrected chi connectivity index (χ1v) is 7.11. The van der Waals surface area contributed by atoms with Crippen molar-refractivity contribution in [3.05, 3.63) is 0 Å². The second kappa shape index (κ2) is 3.23. The SMILES string of the molecule is CCOC1C(O)C2CC1C1C3CCC(C3)C21. The molecular weight excluding hydrogens is 200 g/mol. The standard InChI is InChI=1S/C14H22O2/c1-2-16-14-10-6-9(13(14)15)11-7-3-4-8(5-7)12(10)11/h7-15H,2-6H2,1H3. The average Bonchev–Trinajstić information content (AvgIpc) is 2.97. The first-order chi connectivity index (χ1) is 7.81. The molecule has 4 aliphatic rings. The Morgan fingerprint density at radius 1 is 1.06 bits per heavy atom. The summed E-state index contributed by atoms with van der Waals surface area (Å²) >= 11 is 0. The normalized spacial score (nSPS) is 61.9. The van der Waals surface area contributed by atoms with E-state index in [0.29, 0.717) is 11.8 Å². The molecule has 0 radical (unpaired) electrons. The molecule has 8 atom stereocenters. The van der Waals surface area contributed by atoms with Crippen LogP contribution in [0.4, 0.5) is 0 Å². The van der Waals surface area contributed by atoms with Crippen molar-refractivity contribution in [3.63, 3.8) is 0 Å². The number of rotatable bonds is 2. The molecule has 90 valence electrons. The quantitative estimate of drug-likeness (QED) is 0.725. The molecule has 8 unspecified atom stereocenters. The maximum atomic E-state index is 10.4. The van der Waals surface area contributed by atoms with Gasteiger partial charge in [-0.3, -0.25) is 0 Å². The summed E-state index contributed by atoms with van der Waals surface area (Å²) in [6.07, 6.45) is 5.66. The van der Waals surface area contributed by atoms with Gasteiger partial charge >= 0.3 is 0 Å². The molecule has 4 fully saturated rings. The van der Waals surface area contributed by atoms with E-state index in [0.717, 1.165) is 30.3 Å². The maximum Gasteiger partial charge on any atom is 0.0867 e. The van der Waals surface area contributed by atoms with Crippen LogP contribution in [0.1, 0.15) is 32.6 Å². The van der Waals surface area contributed by atoms with E-state index >= 15 is 0 Å². The van der Waals surface area contributed by atoms with Crippen molar-refractivity contribution in [1.29, 1.82) is 0 Å². The predicted octanol–water partition coefficient (Wildman–Crippen LogP) is 2.06. The topological polar surface area (TPSA) is 29.5 Å². The Balaban J connectivity index is 1.64. The van der Waals surface area contributed by atoms with Gasteiger partial charge in [0.05, 0.1) is 12.2 Å². The largest absolute Gasteiger partial charge is 0.390 e. The number of aliphatic hydroxyl groups is 1. The molecular formula is C14H22O2. The van der Waals surface area contributed by atoms with E-state index in [9.17, 15) is 5.11 Å². The van der Waals surface area contributed by atoms with Gasteiger partial charge in [-0.1, -0.05) is 0 Å². The fourth-order valence-corrected chi connectivity index (χ4v) is 5.91. The fraction of sp³-hybridized carbons (Fsp3) is 1.00. The lowest BCUT2D eigenvalue weighted by atomic mass is 9.69. The highest BCUT2D eigenvalue weighted by atomic mass is 16.5. The number of fused-ring (bicyclic) bond motifs is 9. The number of ether oxygens (including phenoxy) is 1. The van der Waals surface area contributed by atoms with E-state index < -0.39 is 0 Å². The zero-order chi connectivity index (χ0) is 10.9. The van der Waals surface area contributed by atoms with E-state index in [1.54, 1.807) is 0 Å². The number of aliphatic hydroxyl groups excluding tert-OH is 1. The van der Waals surface area contributed by atoms with Gasteiger partial charge < -0.3 is 9.84 Å². The molecule has 2 nitrogen and oxygen atoms in total. The summed E-state index contributed by atoms with van der Waals surface area (Å²) in [7, 11) is 0. The van der Waals surface area contributed by atoms with Crippen LogP contribution in [0, 0.1) is 35.5 Å². The minimum Gasteiger partial charge on any atom is -0.390 e. The van der Waals surface area contributed by atoms with Gasteiger partial charge in [0.1, 0.15) is 0 Å². The molecule has 1 N–H and O–H groups in total. The highest BCUT2D eigenvalue weighted by Crippen LogP contribution is 2.67. The monoisotopic (exact) mass is 222 g/mol. The van der Waals surface area contributed by atoms with Crippen molar-refractivity contribution in [2.75, 3.05) is 6.61 Å². The first kappa shape index (κ1) is 9.90. The molecule has 0 aliphatic heterocycles. The molecule has 16 heavy (non-hydrogen) atoms. The third-order valence-electron chi connectivity index (χ3n) is 6.14. The third-order valence-corrected chi connectivity index (χ3v) is 6.14. The van der Waals surface area contributed by atoms with Gasteiger partial charge in [0, 0.05) is 6.61 Å². The molecule has 4 aliphatic carbocycles. The van der Waals surface area contributed by atoms with Crippen LogP contribution in [0.25, 0.3) is 0 Å². The highest BCUT2D eigenvalue weighted by molar-refractivity contribution is 5.14. The summed E-state index contributed by atoms with van der Waals surface area (Å²) in [5.74, 6) is 5.02. The van der Waals surface area contributed by atoms with Crippen LogP contribution in [0.15, 0.2) is 0 Å². The van der Waals surface area contributed by atoms with Gasteiger partial charge in [-0.05, 0) is 68.1 Å². The second-order valence-electron chi connectivity index (χ2n) is 6.46. The molecule has 4 bridgehead atoms. The molecule has 0 heterocycles. The molecule has 0 aromatic carbocycles. The molecule has 0 spiro atoms. The van der Waals surface area contributed by atoms with Crippen LogP contribution in [0.5, 0.6) is 0 Å². The molecule has 0 aromatic rings. The molecule has 2 heteroatoms. The summed E-state index contributed by atoms with van der Waals surface area (Å²) in [4.78, 5) is 0. The summed E-state index contributed by atoms with van der Waals surface area (Å²) in [5, 5.41) is 10.4. The summed E-state index contributed by atoms with van der Waals surface area (Å²) in [6, 6.07) is 0. The van der Waals surface area contributed by atoms with Gasteiger partial charge in [-0.25, -0.2) is 0 Å². The molecule has 0 amide bonds. The lowest BCUT2D eigenvalue weighted by Crippen LogP contribution is -2.45. The van der Waals surface area contributed by atoms with Gasteiger partial charge in [-0.2, -0.15) is 0 Å². The van der Waals surface area contributed by atoms with Crippen LogP contribution >= 0.6 is 0 Å². The van der Waals surface area contributed by atoms with Crippen molar-refractivity contribution in [3.8, 4) is 0 Å². The van der Waals surface area contributed by atoms with Crippen LogP contribution in [0.2, 0.25) is 0 Å². The maximum absolute atomic E-state index is 10.4. The zero-order valence-electron chi connectivity index (χ0n) is 10.0. The van der Waals surface area contributed by atoms with Gasteiger partial charge in [0.25, 0.3) is 0 Å². The lowest BCUT2D eigenvalue weighted by molar-refractivity contribution is -0.100. The molecule has 4 saturated carbocycles. The van der Waals surface area contributed by atoms with E-state index in [4.69, 9.17) is 4.74 Å². The second-order valence-corrected chi connectivity index (χ2v) is 6.46. The number of hydrogen-bond acceptors (Lipinski definition) is 2. The van der Waals surface area contributed by atoms with E-state index in [1.165, 1.54) is 25.7 Å². The van der Waals surface area contributed by atoms with Crippen molar-refractivity contribution in [1.82, 2.24) is 0 Å². The van der Waals surface area contributed by atoms with Gasteiger partial charge in [0.15, 0.2) is 0 Å². The minimum absolute atomic E-state index is 0.148. The summed E-state index contributed by atoms with van der Waals surface area (Å²) in [5.41, 5.74) is 0. The number of hydrogen-bond donors (Lipinski definition) is 1. The molecule has 0 aromatic heterocycles. The van der Waals surface area contributed by atoms with Crippen molar-refractivity contribution < 1.29 is 9.84 Å².